The topological polar surface area (TPSA) is 125 Å². The molecule has 0 unspecified atom stereocenters. The summed E-state index contributed by atoms with van der Waals surface area (Å²) in [4.78, 5) is 19.5. The standard InChI is InChI=1S/C12H11NO.C3H4N2.CH3NO2/c14-7-3-4-10-8-11-5-1-2-6-12(11)13-9-10;1-2-5-3-4-1;2-1(3)4/h1-6,8-9,14H,7H2;1-3H,(H,4,5);2H2,(H,3,4). The lowest BCUT2D eigenvalue weighted by atomic mass is 10.1. The number of H-pyrrole nitrogens is 1. The van der Waals surface area contributed by atoms with Crippen LogP contribution in [0.25, 0.3) is 17.0 Å². The van der Waals surface area contributed by atoms with Gasteiger partial charge in [-0.1, -0.05) is 30.4 Å². The van der Waals surface area contributed by atoms with E-state index in [2.05, 4.69) is 26.8 Å². The summed E-state index contributed by atoms with van der Waals surface area (Å²) in [6, 6.07) is 10.0. The van der Waals surface area contributed by atoms with Crippen molar-refractivity contribution in [1.29, 1.82) is 0 Å². The number of aromatic amines is 1. The molecule has 0 atom stereocenters. The Morgan fingerprint density at radius 3 is 2.65 bits per heavy atom. The second-order valence-corrected chi connectivity index (χ2v) is 4.15. The first-order chi connectivity index (χ1) is 11.1. The molecule has 7 heteroatoms. The van der Waals surface area contributed by atoms with Crippen molar-refractivity contribution in [3.8, 4) is 0 Å². The number of hydrogen-bond acceptors (Lipinski definition) is 4. The molecule has 7 nitrogen and oxygen atoms in total. The zero-order chi connectivity index (χ0) is 16.9. The molecular formula is C16H18N4O3. The van der Waals surface area contributed by atoms with Gasteiger partial charge in [-0.25, -0.2) is 9.78 Å². The highest BCUT2D eigenvalue weighted by atomic mass is 16.4. The van der Waals surface area contributed by atoms with Crippen LogP contribution in [-0.2, 0) is 0 Å². The third kappa shape index (κ3) is 7.98. The first-order valence-electron chi connectivity index (χ1n) is 6.67. The lowest BCUT2D eigenvalue weighted by Gasteiger charge is -1.97. The minimum absolute atomic E-state index is 0.0623. The number of benzene rings is 1. The van der Waals surface area contributed by atoms with Gasteiger partial charge >= 0.3 is 6.09 Å². The van der Waals surface area contributed by atoms with E-state index in [1.54, 1.807) is 31.0 Å². The maximum atomic E-state index is 8.78. The van der Waals surface area contributed by atoms with Crippen molar-refractivity contribution in [1.82, 2.24) is 15.0 Å². The van der Waals surface area contributed by atoms with E-state index >= 15 is 0 Å². The third-order valence-corrected chi connectivity index (χ3v) is 2.43. The SMILES string of the molecule is NC(=O)O.OCC=Cc1cnc2ccccc2c1.c1c[nH]cn1. The van der Waals surface area contributed by atoms with Crippen LogP contribution in [0.4, 0.5) is 4.79 Å². The Bertz CT molecular complexity index is 706. The average molecular weight is 314 g/mol. The molecule has 0 radical (unpaired) electrons. The van der Waals surface area contributed by atoms with E-state index in [0.717, 1.165) is 16.5 Å². The number of para-hydroxylation sites is 1. The number of rotatable bonds is 2. The van der Waals surface area contributed by atoms with E-state index in [9.17, 15) is 0 Å². The van der Waals surface area contributed by atoms with Crippen LogP contribution in [0, 0.1) is 0 Å². The van der Waals surface area contributed by atoms with Gasteiger partial charge < -0.3 is 20.9 Å². The maximum absolute atomic E-state index is 8.78. The van der Waals surface area contributed by atoms with Crippen LogP contribution < -0.4 is 5.73 Å². The molecule has 0 saturated carbocycles. The molecule has 2 aromatic heterocycles. The fourth-order valence-corrected chi connectivity index (χ4v) is 1.58. The molecule has 0 saturated heterocycles. The first-order valence-corrected chi connectivity index (χ1v) is 6.67. The summed E-state index contributed by atoms with van der Waals surface area (Å²) in [6.07, 6.45) is 9.11. The van der Waals surface area contributed by atoms with E-state index in [0.29, 0.717) is 0 Å². The second kappa shape index (κ2) is 10.5. The normalized spacial score (nSPS) is 9.61. The monoisotopic (exact) mass is 314 g/mol. The van der Waals surface area contributed by atoms with Crippen LogP contribution in [0.5, 0.6) is 0 Å². The Morgan fingerprint density at radius 1 is 1.35 bits per heavy atom. The Morgan fingerprint density at radius 2 is 2.09 bits per heavy atom. The number of carboxylic acid groups (broad SMARTS) is 1. The average Bonchev–Trinajstić information content (AvgIpc) is 3.12. The largest absolute Gasteiger partial charge is 0.465 e. The predicted molar refractivity (Wildman–Crippen MR) is 88.7 cm³/mol. The number of fused-ring (bicyclic) bond motifs is 1. The van der Waals surface area contributed by atoms with Gasteiger partial charge in [-0.3, -0.25) is 4.98 Å². The summed E-state index contributed by atoms with van der Waals surface area (Å²) in [5.74, 6) is 0. The van der Waals surface area contributed by atoms with Gasteiger partial charge in [0.15, 0.2) is 0 Å². The van der Waals surface area contributed by atoms with Gasteiger partial charge in [-0.15, -0.1) is 0 Å². The molecule has 120 valence electrons. The molecule has 3 rings (SSSR count). The van der Waals surface area contributed by atoms with Gasteiger partial charge in [0.25, 0.3) is 0 Å². The van der Waals surface area contributed by atoms with Crippen molar-refractivity contribution >= 4 is 23.1 Å². The minimum Gasteiger partial charge on any atom is -0.465 e. The van der Waals surface area contributed by atoms with Crippen molar-refractivity contribution in [3.63, 3.8) is 0 Å². The number of imidazole rings is 1. The number of aliphatic hydroxyl groups excluding tert-OH is 1. The molecule has 0 aliphatic heterocycles. The minimum atomic E-state index is -1.33. The fraction of sp³-hybridized carbons (Fsp3) is 0.0625. The molecule has 0 aliphatic carbocycles. The molecule has 1 aromatic carbocycles. The molecule has 0 spiro atoms. The summed E-state index contributed by atoms with van der Waals surface area (Å²) in [5.41, 5.74) is 6.03. The number of amides is 1. The lowest BCUT2D eigenvalue weighted by Crippen LogP contribution is -2.03. The quantitative estimate of drug-likeness (QED) is 0.577. The van der Waals surface area contributed by atoms with E-state index in [4.69, 9.17) is 15.0 Å². The molecule has 1 amide bonds. The Labute approximate surface area is 133 Å². The second-order valence-electron chi connectivity index (χ2n) is 4.15. The van der Waals surface area contributed by atoms with E-state index < -0.39 is 6.09 Å². The maximum Gasteiger partial charge on any atom is 0.402 e. The van der Waals surface area contributed by atoms with Crippen LogP contribution in [-0.4, -0.2) is 37.9 Å². The number of nitrogens with one attached hydrogen (secondary N) is 1. The van der Waals surface area contributed by atoms with Crippen molar-refractivity contribution in [2.75, 3.05) is 6.61 Å². The van der Waals surface area contributed by atoms with Crippen LogP contribution in [0.15, 0.2) is 61.3 Å². The summed E-state index contributed by atoms with van der Waals surface area (Å²) in [5, 5.41) is 16.9. The van der Waals surface area contributed by atoms with Gasteiger partial charge in [0.1, 0.15) is 0 Å². The highest BCUT2D eigenvalue weighted by Gasteiger charge is 1.93. The molecule has 0 bridgehead atoms. The molecule has 0 aliphatic rings. The summed E-state index contributed by atoms with van der Waals surface area (Å²) in [6.45, 7) is 0.0623. The summed E-state index contributed by atoms with van der Waals surface area (Å²) < 4.78 is 0. The first kappa shape index (κ1) is 17.9. The highest BCUT2D eigenvalue weighted by molar-refractivity contribution is 5.80. The van der Waals surface area contributed by atoms with Crippen LogP contribution in [0.2, 0.25) is 0 Å². The fourth-order valence-electron chi connectivity index (χ4n) is 1.58. The molecular weight excluding hydrogens is 296 g/mol. The van der Waals surface area contributed by atoms with Gasteiger partial charge in [-0.2, -0.15) is 0 Å². The number of carbonyl (C=O) groups is 1. The number of nitrogens with zero attached hydrogens (tertiary/aromatic N) is 2. The van der Waals surface area contributed by atoms with E-state index in [1.807, 2.05) is 30.3 Å². The van der Waals surface area contributed by atoms with Gasteiger partial charge in [0.2, 0.25) is 0 Å². The number of primary amides is 1. The van der Waals surface area contributed by atoms with Crippen molar-refractivity contribution < 1.29 is 15.0 Å². The molecule has 0 fully saturated rings. The third-order valence-electron chi connectivity index (χ3n) is 2.43. The lowest BCUT2D eigenvalue weighted by molar-refractivity contribution is 0.205. The highest BCUT2D eigenvalue weighted by Crippen LogP contribution is 2.13. The zero-order valence-electron chi connectivity index (χ0n) is 12.3. The molecule has 5 N–H and O–H groups in total. The van der Waals surface area contributed by atoms with Crippen molar-refractivity contribution in [3.05, 3.63) is 66.9 Å². The van der Waals surface area contributed by atoms with Crippen LogP contribution in [0.1, 0.15) is 5.56 Å². The Balaban J connectivity index is 0.000000242. The molecule has 23 heavy (non-hydrogen) atoms. The molecule has 3 aromatic rings. The van der Waals surface area contributed by atoms with Gasteiger partial charge in [0.05, 0.1) is 18.5 Å². The van der Waals surface area contributed by atoms with Crippen molar-refractivity contribution in [2.45, 2.75) is 0 Å². The van der Waals surface area contributed by atoms with E-state index in [1.165, 1.54) is 0 Å². The van der Waals surface area contributed by atoms with Crippen LogP contribution >= 0.6 is 0 Å². The predicted octanol–water partition coefficient (Wildman–Crippen LogP) is 2.27. The van der Waals surface area contributed by atoms with Crippen molar-refractivity contribution in [2.24, 2.45) is 5.73 Å². The number of pyridine rings is 1. The summed E-state index contributed by atoms with van der Waals surface area (Å²) >= 11 is 0. The van der Waals surface area contributed by atoms with Gasteiger partial charge in [-0.05, 0) is 17.7 Å². The number of aliphatic hydroxyl groups is 1. The summed E-state index contributed by atoms with van der Waals surface area (Å²) in [7, 11) is 0. The Hall–Kier alpha value is -3.19. The number of nitrogens with two attached hydrogens (primary N) is 1. The Kier molecular flexibility index (Phi) is 8.17. The molecule has 2 heterocycles. The van der Waals surface area contributed by atoms with E-state index in [-0.39, 0.29) is 6.61 Å². The van der Waals surface area contributed by atoms with Crippen LogP contribution in [0.3, 0.4) is 0 Å². The smallest absolute Gasteiger partial charge is 0.402 e. The number of aromatic nitrogens is 3. The number of hydrogen-bond donors (Lipinski definition) is 4. The zero-order valence-corrected chi connectivity index (χ0v) is 12.3. The van der Waals surface area contributed by atoms with Gasteiger partial charge in [0, 0.05) is 24.0 Å².